The maximum Gasteiger partial charge on any atom is 0.338 e. The molecule has 9 heteroatoms. The van der Waals surface area contributed by atoms with Gasteiger partial charge in [0.2, 0.25) is 11.1 Å². The molecule has 1 aliphatic heterocycles. The monoisotopic (exact) mass is 458 g/mol. The molecule has 0 unspecified atom stereocenters. The zero-order chi connectivity index (χ0) is 22.0. The fraction of sp³-hybridized carbons (Fsp3) is 0.227. The van der Waals surface area contributed by atoms with Crippen molar-refractivity contribution < 1.29 is 13.9 Å². The summed E-state index contributed by atoms with van der Waals surface area (Å²) in [4.78, 5) is 17.3. The van der Waals surface area contributed by atoms with Gasteiger partial charge in [0, 0.05) is 16.5 Å². The minimum Gasteiger partial charge on any atom is -0.463 e. The predicted molar refractivity (Wildman–Crippen MR) is 119 cm³/mol. The van der Waals surface area contributed by atoms with Gasteiger partial charge in [-0.1, -0.05) is 47.6 Å². The number of rotatable bonds is 6. The molecule has 2 heterocycles. The number of halogens is 2. The van der Waals surface area contributed by atoms with Crippen LogP contribution in [0.25, 0.3) is 0 Å². The summed E-state index contributed by atoms with van der Waals surface area (Å²) >= 11 is 7.45. The number of hydrogen-bond acceptors (Lipinski definition) is 6. The number of benzene rings is 2. The Morgan fingerprint density at radius 2 is 2.06 bits per heavy atom. The van der Waals surface area contributed by atoms with Crippen molar-refractivity contribution >= 4 is 35.3 Å². The summed E-state index contributed by atoms with van der Waals surface area (Å²) in [5.41, 5.74) is 2.78. The van der Waals surface area contributed by atoms with Crippen LogP contribution in [0.3, 0.4) is 0 Å². The molecule has 2 aromatic carbocycles. The summed E-state index contributed by atoms with van der Waals surface area (Å²) in [7, 11) is 0. The van der Waals surface area contributed by atoms with Crippen molar-refractivity contribution in [2.75, 3.05) is 11.9 Å². The van der Waals surface area contributed by atoms with Gasteiger partial charge in [-0.2, -0.15) is 4.98 Å². The zero-order valence-corrected chi connectivity index (χ0v) is 18.5. The first kappa shape index (κ1) is 21.4. The molecule has 1 aliphatic rings. The van der Waals surface area contributed by atoms with Crippen LogP contribution in [0, 0.1) is 5.82 Å². The second kappa shape index (κ2) is 9.11. The van der Waals surface area contributed by atoms with Crippen molar-refractivity contribution in [1.82, 2.24) is 14.8 Å². The smallest absolute Gasteiger partial charge is 0.338 e. The Kier molecular flexibility index (Phi) is 6.29. The van der Waals surface area contributed by atoms with E-state index in [4.69, 9.17) is 16.3 Å². The van der Waals surface area contributed by atoms with E-state index in [1.54, 1.807) is 29.8 Å². The van der Waals surface area contributed by atoms with Crippen molar-refractivity contribution in [2.45, 2.75) is 30.8 Å². The number of aromatic nitrogens is 3. The van der Waals surface area contributed by atoms with Crippen LogP contribution < -0.4 is 5.32 Å². The fourth-order valence-electron chi connectivity index (χ4n) is 3.39. The highest BCUT2D eigenvalue weighted by Crippen LogP contribution is 2.37. The molecule has 0 aliphatic carbocycles. The zero-order valence-electron chi connectivity index (χ0n) is 16.9. The molecule has 0 radical (unpaired) electrons. The van der Waals surface area contributed by atoms with Crippen molar-refractivity contribution in [1.29, 1.82) is 0 Å². The van der Waals surface area contributed by atoms with Crippen LogP contribution in [0.4, 0.5) is 10.3 Å². The van der Waals surface area contributed by atoms with E-state index in [9.17, 15) is 9.18 Å². The van der Waals surface area contributed by atoms with Gasteiger partial charge in [0.05, 0.1) is 12.2 Å². The normalized spacial score (nSPS) is 15.4. The molecule has 1 N–H and O–H groups in total. The second-order valence-electron chi connectivity index (χ2n) is 6.92. The predicted octanol–water partition coefficient (Wildman–Crippen LogP) is 5.21. The van der Waals surface area contributed by atoms with Crippen LogP contribution in [-0.4, -0.2) is 27.3 Å². The lowest BCUT2D eigenvalue weighted by Crippen LogP contribution is -2.29. The van der Waals surface area contributed by atoms with Crippen molar-refractivity contribution in [3.8, 4) is 0 Å². The maximum absolute atomic E-state index is 13.5. The van der Waals surface area contributed by atoms with E-state index in [0.29, 0.717) is 33.2 Å². The van der Waals surface area contributed by atoms with E-state index in [0.717, 1.165) is 11.1 Å². The number of anilines is 1. The highest BCUT2D eigenvalue weighted by molar-refractivity contribution is 7.98. The van der Waals surface area contributed by atoms with Crippen LogP contribution in [0.15, 0.2) is 65.0 Å². The standard InChI is InChI=1S/C22H20ClFN4O2S/c1-3-30-20(29)18-13(2)25-21-26-22(31-12-14-5-4-6-17(24)11-14)27-28(21)19(18)15-7-9-16(23)10-8-15/h4-11,19H,3,12H2,1-2H3,(H,25,26,27)/t19-/m0/s1. The SMILES string of the molecule is CCOC(=O)C1=C(C)Nc2nc(SCc3cccc(F)c3)nn2[C@H]1c1ccc(Cl)cc1. The van der Waals surface area contributed by atoms with Gasteiger partial charge in [-0.15, -0.1) is 5.10 Å². The number of carbonyl (C=O) groups excluding carboxylic acids is 1. The molecule has 0 fully saturated rings. The number of allylic oxidation sites excluding steroid dienone is 1. The number of ether oxygens (including phenoxy) is 1. The number of carbonyl (C=O) groups is 1. The van der Waals surface area contributed by atoms with Crippen molar-refractivity contribution in [3.63, 3.8) is 0 Å². The molecule has 0 amide bonds. The molecular weight excluding hydrogens is 439 g/mol. The van der Waals surface area contributed by atoms with Crippen molar-refractivity contribution in [2.24, 2.45) is 0 Å². The highest BCUT2D eigenvalue weighted by atomic mass is 35.5. The lowest BCUT2D eigenvalue weighted by atomic mass is 9.96. The lowest BCUT2D eigenvalue weighted by Gasteiger charge is -2.28. The van der Waals surface area contributed by atoms with E-state index >= 15 is 0 Å². The molecule has 4 rings (SSSR count). The van der Waals surface area contributed by atoms with Gasteiger partial charge < -0.3 is 10.1 Å². The first-order valence-corrected chi connectivity index (χ1v) is 11.1. The fourth-order valence-corrected chi connectivity index (χ4v) is 4.29. The summed E-state index contributed by atoms with van der Waals surface area (Å²) < 4.78 is 20.4. The molecule has 0 bridgehead atoms. The van der Waals surface area contributed by atoms with Crippen LogP contribution in [0.5, 0.6) is 0 Å². The maximum atomic E-state index is 13.5. The summed E-state index contributed by atoms with van der Waals surface area (Å²) in [5.74, 6) is 0.345. The number of fused-ring (bicyclic) bond motifs is 1. The van der Waals surface area contributed by atoms with Gasteiger partial charge in [-0.3, -0.25) is 0 Å². The van der Waals surface area contributed by atoms with Crippen LogP contribution in [0.1, 0.15) is 31.0 Å². The second-order valence-corrected chi connectivity index (χ2v) is 8.30. The molecule has 3 aromatic rings. The van der Waals surface area contributed by atoms with Gasteiger partial charge >= 0.3 is 5.97 Å². The lowest BCUT2D eigenvalue weighted by molar-refractivity contribution is -0.139. The largest absolute Gasteiger partial charge is 0.463 e. The first-order valence-electron chi connectivity index (χ1n) is 9.70. The number of hydrogen-bond donors (Lipinski definition) is 1. The Hall–Kier alpha value is -2.84. The van der Waals surface area contributed by atoms with Gasteiger partial charge in [-0.25, -0.2) is 13.9 Å². The Morgan fingerprint density at radius 1 is 1.29 bits per heavy atom. The Morgan fingerprint density at radius 3 is 2.77 bits per heavy atom. The van der Waals surface area contributed by atoms with E-state index in [1.165, 1.54) is 23.9 Å². The average molecular weight is 459 g/mol. The van der Waals surface area contributed by atoms with E-state index < -0.39 is 12.0 Å². The highest BCUT2D eigenvalue weighted by Gasteiger charge is 2.35. The molecule has 1 atom stereocenters. The summed E-state index contributed by atoms with van der Waals surface area (Å²) in [6.07, 6.45) is 0. The minimum atomic E-state index is -0.511. The Balaban J connectivity index is 1.68. The number of esters is 1. The van der Waals surface area contributed by atoms with Gasteiger partial charge in [-0.05, 0) is 49.2 Å². The summed E-state index contributed by atoms with van der Waals surface area (Å²) in [6.45, 7) is 3.85. The van der Waals surface area contributed by atoms with E-state index in [1.807, 2.05) is 25.1 Å². The summed E-state index contributed by atoms with van der Waals surface area (Å²) in [6, 6.07) is 13.2. The number of thioether (sulfide) groups is 1. The molecular formula is C22H20ClFN4O2S. The van der Waals surface area contributed by atoms with Crippen molar-refractivity contribution in [3.05, 3.63) is 81.8 Å². The quantitative estimate of drug-likeness (QED) is 0.403. The number of nitrogens with zero attached hydrogens (tertiary/aromatic N) is 3. The van der Waals surface area contributed by atoms with Crippen LogP contribution >= 0.6 is 23.4 Å². The molecule has 0 saturated heterocycles. The third-order valence-corrected chi connectivity index (χ3v) is 5.93. The minimum absolute atomic E-state index is 0.266. The topological polar surface area (TPSA) is 69.0 Å². The Bertz CT molecular complexity index is 1150. The van der Waals surface area contributed by atoms with Gasteiger partial charge in [0.25, 0.3) is 0 Å². The first-order chi connectivity index (χ1) is 15.0. The Labute approximate surface area is 188 Å². The molecule has 6 nitrogen and oxygen atoms in total. The molecule has 1 aromatic heterocycles. The number of nitrogens with one attached hydrogen (secondary N) is 1. The van der Waals surface area contributed by atoms with Crippen LogP contribution in [-0.2, 0) is 15.3 Å². The summed E-state index contributed by atoms with van der Waals surface area (Å²) in [5, 5.41) is 8.91. The molecule has 0 spiro atoms. The van der Waals surface area contributed by atoms with Gasteiger partial charge in [0.1, 0.15) is 11.9 Å². The average Bonchev–Trinajstić information content (AvgIpc) is 3.14. The third kappa shape index (κ3) is 4.60. The van der Waals surface area contributed by atoms with Gasteiger partial charge in [0.15, 0.2) is 0 Å². The van der Waals surface area contributed by atoms with E-state index in [-0.39, 0.29) is 12.4 Å². The van der Waals surface area contributed by atoms with E-state index in [2.05, 4.69) is 15.4 Å². The molecule has 0 saturated carbocycles. The molecule has 160 valence electrons. The van der Waals surface area contributed by atoms with Crippen LogP contribution in [0.2, 0.25) is 5.02 Å². The molecule has 31 heavy (non-hydrogen) atoms. The third-order valence-electron chi connectivity index (χ3n) is 4.77.